The first-order chi connectivity index (χ1) is 3.72. The van der Waals surface area contributed by atoms with Crippen molar-refractivity contribution in [2.24, 2.45) is 10.9 Å². The third kappa shape index (κ3) is 1.26. The lowest BCUT2D eigenvalue weighted by Crippen LogP contribution is -2.19. The Morgan fingerprint density at radius 2 is 2.38 bits per heavy atom. The van der Waals surface area contributed by atoms with E-state index >= 15 is 0 Å². The molecule has 8 heavy (non-hydrogen) atoms. The van der Waals surface area contributed by atoms with E-state index in [2.05, 4.69) is 15.7 Å². The third-order valence-corrected chi connectivity index (χ3v) is 0.421. The predicted molar refractivity (Wildman–Crippen MR) is 25.0 cm³/mol. The number of primary amides is 1. The van der Waals surface area contributed by atoms with Crippen molar-refractivity contribution in [3.05, 3.63) is 11.4 Å². The van der Waals surface area contributed by atoms with Crippen LogP contribution in [0, 0.1) is 6.57 Å². The number of carbonyl (C=O) groups excluding carboxylic acids is 1. The molecule has 5 heteroatoms. The summed E-state index contributed by atoms with van der Waals surface area (Å²) in [6.45, 7) is 6.12. The second-order valence-electron chi connectivity index (χ2n) is 0.900. The summed E-state index contributed by atoms with van der Waals surface area (Å²) in [6, 6.07) is 0. The van der Waals surface area contributed by atoms with Crippen LogP contribution in [0.25, 0.3) is 4.85 Å². The monoisotopic (exact) mass is 113 g/mol. The summed E-state index contributed by atoms with van der Waals surface area (Å²) in [5.41, 5.74) is 4.51. The van der Waals surface area contributed by atoms with Gasteiger partial charge in [0.25, 0.3) is 5.91 Å². The molecule has 0 radical (unpaired) electrons. The highest BCUT2D eigenvalue weighted by molar-refractivity contribution is 6.41. The van der Waals surface area contributed by atoms with Gasteiger partial charge in [-0.3, -0.25) is 4.79 Å². The van der Waals surface area contributed by atoms with Crippen LogP contribution in [0.4, 0.5) is 0 Å². The maximum atomic E-state index is 9.88. The number of rotatable bonds is 0. The van der Waals surface area contributed by atoms with Gasteiger partial charge in [0.15, 0.2) is 0 Å². The number of amidine groups is 1. The van der Waals surface area contributed by atoms with Gasteiger partial charge in [0.05, 0.1) is 5.16 Å². The van der Waals surface area contributed by atoms with Gasteiger partial charge in [-0.25, -0.2) is 0 Å². The topological polar surface area (TPSA) is 80.0 Å². The van der Waals surface area contributed by atoms with E-state index < -0.39 is 11.7 Å². The molecule has 0 rings (SSSR count). The smallest absolute Gasteiger partial charge is 0.373 e. The zero-order valence-electron chi connectivity index (χ0n) is 3.83. The van der Waals surface area contributed by atoms with E-state index in [4.69, 9.17) is 11.8 Å². The molecule has 1 amide bonds. The fourth-order valence-corrected chi connectivity index (χ4v) is 0.127. The quantitative estimate of drug-likeness (QED) is 0.141. The molecule has 0 aliphatic rings. The molecule has 0 aromatic carbocycles. The number of nitrogens with two attached hydrogens (primary N) is 1. The van der Waals surface area contributed by atoms with Gasteiger partial charge in [-0.05, 0) is 0 Å². The van der Waals surface area contributed by atoms with Gasteiger partial charge in [0.2, 0.25) is 0 Å². The van der Waals surface area contributed by atoms with Crippen LogP contribution in [0.3, 0.4) is 0 Å². The van der Waals surface area contributed by atoms with Crippen LogP contribution in [0.5, 0.6) is 0 Å². The van der Waals surface area contributed by atoms with E-state index in [9.17, 15) is 4.79 Å². The van der Waals surface area contributed by atoms with Gasteiger partial charge in [0.1, 0.15) is 0 Å². The molecular formula is C3H3N3O2. The second kappa shape index (κ2) is 2.58. The lowest BCUT2D eigenvalue weighted by Gasteiger charge is -1.80. The molecule has 0 unspecified atom stereocenters. The molecular weight excluding hydrogens is 110 g/mol. The highest BCUT2D eigenvalue weighted by Gasteiger charge is 2.04. The van der Waals surface area contributed by atoms with Gasteiger partial charge in [-0.15, -0.1) is 0 Å². The molecule has 0 aliphatic carbocycles. The summed E-state index contributed by atoms with van der Waals surface area (Å²) >= 11 is 0. The SMILES string of the molecule is [C-]#[N+]/C(=N\O)C(N)=O. The van der Waals surface area contributed by atoms with E-state index in [-0.39, 0.29) is 0 Å². The van der Waals surface area contributed by atoms with Crippen molar-refractivity contribution in [3.8, 4) is 0 Å². The Balaban J connectivity index is 4.20. The molecule has 0 spiro atoms. The second-order valence-corrected chi connectivity index (χ2v) is 0.900. The summed E-state index contributed by atoms with van der Waals surface area (Å²) in [4.78, 5) is 12.4. The number of amides is 1. The van der Waals surface area contributed by atoms with Crippen molar-refractivity contribution in [1.29, 1.82) is 0 Å². The van der Waals surface area contributed by atoms with Crippen LogP contribution in [0.15, 0.2) is 5.16 Å². The summed E-state index contributed by atoms with van der Waals surface area (Å²) in [5, 5.41) is 10.1. The summed E-state index contributed by atoms with van der Waals surface area (Å²) < 4.78 is 0. The normalized spacial score (nSPS) is 10.1. The molecule has 0 saturated carbocycles. The number of hydrogen-bond acceptors (Lipinski definition) is 3. The minimum atomic E-state index is -1.03. The van der Waals surface area contributed by atoms with Crippen LogP contribution in [-0.4, -0.2) is 17.0 Å². The lowest BCUT2D eigenvalue weighted by molar-refractivity contribution is -0.112. The number of oxime groups is 1. The zero-order chi connectivity index (χ0) is 6.57. The van der Waals surface area contributed by atoms with E-state index in [1.165, 1.54) is 0 Å². The highest BCUT2D eigenvalue weighted by atomic mass is 16.4. The van der Waals surface area contributed by atoms with Crippen molar-refractivity contribution < 1.29 is 10.0 Å². The first kappa shape index (κ1) is 6.43. The van der Waals surface area contributed by atoms with Gasteiger partial charge in [-0.1, -0.05) is 6.57 Å². The lowest BCUT2D eigenvalue weighted by atomic mass is 10.6. The maximum Gasteiger partial charge on any atom is 0.378 e. The average Bonchev–Trinajstić information content (AvgIpc) is 1.69. The van der Waals surface area contributed by atoms with Crippen LogP contribution >= 0.6 is 0 Å². The maximum absolute atomic E-state index is 9.88. The average molecular weight is 113 g/mol. The minimum Gasteiger partial charge on any atom is -0.373 e. The summed E-state index contributed by atoms with van der Waals surface area (Å²) in [5.74, 6) is -1.73. The van der Waals surface area contributed by atoms with Crippen LogP contribution in [0.1, 0.15) is 0 Å². The van der Waals surface area contributed by atoms with Gasteiger partial charge in [0, 0.05) is 0 Å². The number of carbonyl (C=O) groups is 1. The molecule has 0 aromatic rings. The molecule has 0 fully saturated rings. The number of hydrogen-bond donors (Lipinski definition) is 2. The first-order valence-corrected chi connectivity index (χ1v) is 1.61. The molecule has 3 N–H and O–H groups in total. The van der Waals surface area contributed by atoms with Crippen LogP contribution in [-0.2, 0) is 4.79 Å². The molecule has 0 aliphatic heterocycles. The first-order valence-electron chi connectivity index (χ1n) is 1.61. The Hall–Kier alpha value is -1.57. The van der Waals surface area contributed by atoms with E-state index in [1.807, 2.05) is 0 Å². The van der Waals surface area contributed by atoms with E-state index in [0.717, 1.165) is 0 Å². The van der Waals surface area contributed by atoms with Crippen molar-refractivity contribution in [2.45, 2.75) is 0 Å². The Bertz CT molecular complexity index is 166. The molecule has 0 heterocycles. The molecule has 0 aromatic heterocycles. The van der Waals surface area contributed by atoms with Crippen molar-refractivity contribution in [3.63, 3.8) is 0 Å². The molecule has 0 bridgehead atoms. The Kier molecular flexibility index (Phi) is 2.07. The van der Waals surface area contributed by atoms with Crippen LogP contribution < -0.4 is 5.73 Å². The summed E-state index contributed by atoms with van der Waals surface area (Å²) in [7, 11) is 0. The minimum absolute atomic E-state index is 0.704. The molecule has 5 nitrogen and oxygen atoms in total. The molecule has 0 saturated heterocycles. The van der Waals surface area contributed by atoms with E-state index in [0.29, 0.717) is 0 Å². The van der Waals surface area contributed by atoms with E-state index in [1.54, 1.807) is 0 Å². The fraction of sp³-hybridized carbons (Fsp3) is 0. The Labute approximate surface area is 45.2 Å². The predicted octanol–water partition coefficient (Wildman–Crippen LogP) is -0.821. The fourth-order valence-electron chi connectivity index (χ4n) is 0.127. The van der Waals surface area contributed by atoms with Gasteiger partial charge >= 0.3 is 5.84 Å². The Morgan fingerprint density at radius 3 is 2.38 bits per heavy atom. The number of nitrogens with zero attached hydrogens (tertiary/aromatic N) is 2. The molecule has 0 atom stereocenters. The molecule has 42 valence electrons. The summed E-state index contributed by atoms with van der Waals surface area (Å²) in [6.07, 6.45) is 0. The van der Waals surface area contributed by atoms with Crippen molar-refractivity contribution in [1.82, 2.24) is 0 Å². The highest BCUT2D eigenvalue weighted by Crippen LogP contribution is 1.73. The van der Waals surface area contributed by atoms with Crippen molar-refractivity contribution >= 4 is 11.7 Å². The van der Waals surface area contributed by atoms with Gasteiger partial charge in [-0.2, -0.15) is 0 Å². The van der Waals surface area contributed by atoms with Crippen LogP contribution in [0.2, 0.25) is 0 Å². The van der Waals surface area contributed by atoms with Crippen molar-refractivity contribution in [2.75, 3.05) is 0 Å². The zero-order valence-corrected chi connectivity index (χ0v) is 3.83. The Morgan fingerprint density at radius 1 is 1.88 bits per heavy atom. The standard InChI is InChI=1S/C3H3N3O2/c1-5-3(6-8)2(4)7/h8H,(H2,4,7)/b6-3-. The van der Waals surface area contributed by atoms with Gasteiger partial charge < -0.3 is 15.8 Å². The third-order valence-electron chi connectivity index (χ3n) is 0.421. The largest absolute Gasteiger partial charge is 0.378 e.